The number of aryl methyl sites for hydroxylation is 1. The number of thioether (sulfide) groups is 1. The van der Waals surface area contributed by atoms with Gasteiger partial charge in [-0.1, -0.05) is 23.8 Å². The van der Waals surface area contributed by atoms with Gasteiger partial charge in [-0.25, -0.2) is 4.99 Å². The number of carboxylic acid groups (broad SMARTS) is 1. The van der Waals surface area contributed by atoms with Gasteiger partial charge < -0.3 is 20.0 Å². The Morgan fingerprint density at radius 2 is 2.04 bits per heavy atom. The van der Waals surface area contributed by atoms with Crippen LogP contribution in [0.4, 0.5) is 5.69 Å². The number of carboxylic acids is 1. The Hall–Kier alpha value is -2.58. The van der Waals surface area contributed by atoms with Crippen LogP contribution in [0.15, 0.2) is 56.8 Å². The number of benzene rings is 2. The minimum absolute atomic E-state index is 0.223. The van der Waals surface area contributed by atoms with E-state index in [0.29, 0.717) is 20.3 Å². The number of amidine groups is 1. The number of carbonyl (C=O) groups excluding carboxylic acids is 2. The Morgan fingerprint density at radius 1 is 1.30 bits per heavy atom. The lowest BCUT2D eigenvalue weighted by Crippen LogP contribution is -2.29. The molecular formula is C19H14BrN2O4S-. The predicted molar refractivity (Wildman–Crippen MR) is 107 cm³/mol. The van der Waals surface area contributed by atoms with Crippen molar-refractivity contribution in [2.75, 3.05) is 6.61 Å². The molecule has 8 heteroatoms. The van der Waals surface area contributed by atoms with E-state index in [9.17, 15) is 14.7 Å². The summed E-state index contributed by atoms with van der Waals surface area (Å²) in [5.41, 5.74) is 2.67. The van der Waals surface area contributed by atoms with Gasteiger partial charge in [0.25, 0.3) is 5.91 Å². The molecule has 1 aliphatic rings. The van der Waals surface area contributed by atoms with Crippen LogP contribution in [0.2, 0.25) is 0 Å². The second kappa shape index (κ2) is 8.41. The first-order valence-corrected chi connectivity index (χ1v) is 9.50. The standard InChI is InChI=1S/C19H15BrN2O4S/c1-11-2-5-13(6-3-11)21-19-22-18(25)16(27-19)9-12-4-7-15(14(20)8-12)26-10-17(23)24/h2-9H,10H2,1H3,(H,23,24)(H,21,22,25)/p-1/b16-9+. The third kappa shape index (κ3) is 5.21. The molecule has 6 nitrogen and oxygen atoms in total. The summed E-state index contributed by atoms with van der Waals surface area (Å²) >= 11 is 4.58. The average molecular weight is 446 g/mol. The largest absolute Gasteiger partial charge is 0.546 e. The fourth-order valence-corrected chi connectivity index (χ4v) is 3.58. The van der Waals surface area contributed by atoms with Crippen LogP contribution in [-0.2, 0) is 9.59 Å². The Morgan fingerprint density at radius 3 is 2.70 bits per heavy atom. The van der Waals surface area contributed by atoms with E-state index in [1.54, 1.807) is 24.3 Å². The number of nitrogens with one attached hydrogen (secondary N) is 1. The molecular weight excluding hydrogens is 432 g/mol. The minimum atomic E-state index is -1.30. The van der Waals surface area contributed by atoms with Crippen molar-refractivity contribution in [2.45, 2.75) is 6.92 Å². The van der Waals surface area contributed by atoms with Crippen LogP contribution in [0.25, 0.3) is 6.08 Å². The SMILES string of the molecule is Cc1ccc(N=C2NC(=O)/C(=C\c3ccc(OCC(=O)[O-])c(Br)c3)S2)cc1. The summed E-state index contributed by atoms with van der Waals surface area (Å²) in [5.74, 6) is -1.14. The molecule has 1 fully saturated rings. The monoisotopic (exact) mass is 445 g/mol. The predicted octanol–water partition coefficient (Wildman–Crippen LogP) is 2.78. The summed E-state index contributed by atoms with van der Waals surface area (Å²) in [7, 11) is 0. The zero-order valence-corrected chi connectivity index (χ0v) is 16.6. The van der Waals surface area contributed by atoms with Crippen molar-refractivity contribution >= 4 is 56.5 Å². The van der Waals surface area contributed by atoms with Gasteiger partial charge in [-0.05, 0) is 70.5 Å². The van der Waals surface area contributed by atoms with Gasteiger partial charge in [0, 0.05) is 0 Å². The molecule has 1 heterocycles. The summed E-state index contributed by atoms with van der Waals surface area (Å²) in [5, 5.41) is 13.7. The Labute approximate surface area is 168 Å². The lowest BCUT2D eigenvalue weighted by molar-refractivity contribution is -0.307. The Bertz CT molecular complexity index is 955. The summed E-state index contributed by atoms with van der Waals surface area (Å²) in [4.78, 5) is 27.6. The van der Waals surface area contributed by atoms with Crippen LogP contribution in [0.5, 0.6) is 5.75 Å². The van der Waals surface area contributed by atoms with Crippen LogP contribution in [0.3, 0.4) is 0 Å². The first kappa shape index (κ1) is 19.2. The molecule has 0 atom stereocenters. The molecule has 27 heavy (non-hydrogen) atoms. The summed E-state index contributed by atoms with van der Waals surface area (Å²) in [6, 6.07) is 12.8. The number of nitrogens with zero attached hydrogens (tertiary/aromatic N) is 1. The number of aliphatic carboxylic acids is 1. The van der Waals surface area contributed by atoms with Crippen molar-refractivity contribution in [1.29, 1.82) is 0 Å². The molecule has 3 rings (SSSR count). The number of hydrogen-bond acceptors (Lipinski definition) is 6. The van der Waals surface area contributed by atoms with Crippen LogP contribution < -0.4 is 15.2 Å². The van der Waals surface area contributed by atoms with Crippen LogP contribution in [0, 0.1) is 6.92 Å². The molecule has 0 aliphatic carbocycles. The van der Waals surface area contributed by atoms with Gasteiger partial charge in [0.15, 0.2) is 5.17 Å². The Kier molecular flexibility index (Phi) is 5.98. The van der Waals surface area contributed by atoms with Gasteiger partial charge in [0.1, 0.15) is 12.4 Å². The Balaban J connectivity index is 1.75. The highest BCUT2D eigenvalue weighted by molar-refractivity contribution is 9.10. The average Bonchev–Trinajstić information content (AvgIpc) is 2.95. The van der Waals surface area contributed by atoms with Crippen molar-refractivity contribution in [3.05, 3.63) is 63.0 Å². The molecule has 1 amide bonds. The van der Waals surface area contributed by atoms with Gasteiger partial charge in [-0.3, -0.25) is 4.79 Å². The third-order valence-electron chi connectivity index (χ3n) is 3.51. The molecule has 0 aromatic heterocycles. The number of halogens is 1. The van der Waals surface area contributed by atoms with E-state index < -0.39 is 12.6 Å². The highest BCUT2D eigenvalue weighted by atomic mass is 79.9. The lowest BCUT2D eigenvalue weighted by Gasteiger charge is -2.09. The molecule has 2 aromatic carbocycles. The van der Waals surface area contributed by atoms with E-state index in [1.807, 2.05) is 31.2 Å². The fraction of sp³-hybridized carbons (Fsp3) is 0.105. The quantitative estimate of drug-likeness (QED) is 0.714. The van der Waals surface area contributed by atoms with Gasteiger partial charge in [-0.15, -0.1) is 0 Å². The smallest absolute Gasteiger partial charge is 0.264 e. The molecule has 1 aliphatic heterocycles. The maximum atomic E-state index is 12.2. The number of ether oxygens (including phenoxy) is 1. The number of carbonyl (C=O) groups is 2. The molecule has 138 valence electrons. The second-order valence-corrected chi connectivity index (χ2v) is 7.55. The molecule has 0 saturated carbocycles. The molecule has 0 unspecified atom stereocenters. The normalized spacial score (nSPS) is 16.6. The van der Waals surface area contributed by atoms with E-state index in [1.165, 1.54) is 11.8 Å². The number of amides is 1. The van der Waals surface area contributed by atoms with E-state index >= 15 is 0 Å². The minimum Gasteiger partial charge on any atom is -0.546 e. The van der Waals surface area contributed by atoms with Crippen molar-refractivity contribution in [1.82, 2.24) is 5.32 Å². The van der Waals surface area contributed by atoms with E-state index in [4.69, 9.17) is 4.74 Å². The second-order valence-electron chi connectivity index (χ2n) is 5.67. The van der Waals surface area contributed by atoms with Crippen LogP contribution >= 0.6 is 27.7 Å². The maximum absolute atomic E-state index is 12.2. The molecule has 0 bridgehead atoms. The number of aliphatic imine (C=N–C) groups is 1. The zero-order valence-electron chi connectivity index (χ0n) is 14.2. The molecule has 2 aromatic rings. The van der Waals surface area contributed by atoms with Crippen molar-refractivity contribution in [2.24, 2.45) is 4.99 Å². The van der Waals surface area contributed by atoms with Crippen molar-refractivity contribution in [3.8, 4) is 5.75 Å². The van der Waals surface area contributed by atoms with Crippen LogP contribution in [-0.4, -0.2) is 23.7 Å². The first-order chi connectivity index (χ1) is 12.9. The fourth-order valence-electron chi connectivity index (χ4n) is 2.23. The van der Waals surface area contributed by atoms with Gasteiger partial charge in [0.2, 0.25) is 0 Å². The summed E-state index contributed by atoms with van der Waals surface area (Å²) in [6.07, 6.45) is 1.73. The molecule has 1 saturated heterocycles. The maximum Gasteiger partial charge on any atom is 0.264 e. The lowest BCUT2D eigenvalue weighted by atomic mass is 10.2. The van der Waals surface area contributed by atoms with Gasteiger partial charge in [0.05, 0.1) is 21.0 Å². The van der Waals surface area contributed by atoms with E-state index in [-0.39, 0.29) is 5.91 Å². The molecule has 0 radical (unpaired) electrons. The zero-order chi connectivity index (χ0) is 19.4. The van der Waals surface area contributed by atoms with E-state index in [2.05, 4.69) is 26.2 Å². The molecule has 0 spiro atoms. The highest BCUT2D eigenvalue weighted by Crippen LogP contribution is 2.31. The van der Waals surface area contributed by atoms with Gasteiger partial charge in [-0.2, -0.15) is 0 Å². The van der Waals surface area contributed by atoms with Crippen molar-refractivity contribution in [3.63, 3.8) is 0 Å². The summed E-state index contributed by atoms with van der Waals surface area (Å²) < 4.78 is 5.68. The van der Waals surface area contributed by atoms with Crippen LogP contribution in [0.1, 0.15) is 11.1 Å². The topological polar surface area (TPSA) is 90.8 Å². The third-order valence-corrected chi connectivity index (χ3v) is 5.04. The first-order valence-electron chi connectivity index (χ1n) is 7.89. The summed E-state index contributed by atoms with van der Waals surface area (Å²) in [6.45, 7) is 1.47. The highest BCUT2D eigenvalue weighted by Gasteiger charge is 2.23. The van der Waals surface area contributed by atoms with Gasteiger partial charge >= 0.3 is 0 Å². The number of hydrogen-bond donors (Lipinski definition) is 1. The van der Waals surface area contributed by atoms with Crippen molar-refractivity contribution < 1.29 is 19.4 Å². The van der Waals surface area contributed by atoms with E-state index in [0.717, 1.165) is 16.8 Å². The number of rotatable bonds is 5. The molecule has 1 N–H and O–H groups in total.